The van der Waals surface area contributed by atoms with Crippen molar-refractivity contribution in [3.05, 3.63) is 53.6 Å². The fourth-order valence-electron chi connectivity index (χ4n) is 3.73. The Balaban J connectivity index is 1.61. The lowest BCUT2D eigenvalue weighted by Gasteiger charge is -2.32. The maximum Gasteiger partial charge on any atom is 0.257 e. The van der Waals surface area contributed by atoms with Crippen molar-refractivity contribution in [1.82, 2.24) is 29.4 Å². The summed E-state index contributed by atoms with van der Waals surface area (Å²) < 4.78 is 4.04. The highest BCUT2D eigenvalue weighted by Crippen LogP contribution is 2.28. The molecule has 7 heteroatoms. The molecule has 0 spiro atoms. The van der Waals surface area contributed by atoms with E-state index >= 15 is 0 Å². The monoisotopic (exact) mass is 364 g/mol. The minimum atomic E-state index is 0.0113. The summed E-state index contributed by atoms with van der Waals surface area (Å²) in [6, 6.07) is 10.2. The molecular formula is C20H24N6O. The molecule has 0 unspecified atom stereocenters. The molecule has 0 radical (unpaired) electrons. The third kappa shape index (κ3) is 3.03. The van der Waals surface area contributed by atoms with Crippen molar-refractivity contribution in [3.8, 4) is 11.4 Å². The van der Waals surface area contributed by atoms with Crippen LogP contribution in [0, 0.1) is 6.92 Å². The number of benzene rings is 1. The molecule has 1 amide bonds. The van der Waals surface area contributed by atoms with Crippen LogP contribution in [0.3, 0.4) is 0 Å². The summed E-state index contributed by atoms with van der Waals surface area (Å²) in [6.45, 7) is 8.07. The van der Waals surface area contributed by atoms with Crippen LogP contribution in [-0.2, 0) is 13.1 Å². The van der Waals surface area contributed by atoms with E-state index in [1.807, 2.05) is 46.8 Å². The molecule has 0 aliphatic carbocycles. The number of aryl methyl sites for hydroxylation is 1. The average molecular weight is 364 g/mol. The summed E-state index contributed by atoms with van der Waals surface area (Å²) in [4.78, 5) is 14.9. The van der Waals surface area contributed by atoms with E-state index in [4.69, 9.17) is 0 Å². The molecule has 140 valence electrons. The van der Waals surface area contributed by atoms with Crippen molar-refractivity contribution in [2.45, 2.75) is 46.3 Å². The fourth-order valence-corrected chi connectivity index (χ4v) is 3.73. The van der Waals surface area contributed by atoms with Crippen molar-refractivity contribution in [2.75, 3.05) is 6.54 Å². The van der Waals surface area contributed by atoms with Gasteiger partial charge in [0.2, 0.25) is 0 Å². The van der Waals surface area contributed by atoms with E-state index in [2.05, 4.69) is 33.7 Å². The van der Waals surface area contributed by atoms with E-state index in [1.54, 1.807) is 6.20 Å². The van der Waals surface area contributed by atoms with Gasteiger partial charge in [-0.2, -0.15) is 5.10 Å². The zero-order chi connectivity index (χ0) is 19.0. The lowest BCUT2D eigenvalue weighted by atomic mass is 10.1. The molecule has 1 aliphatic heterocycles. The Hall–Kier alpha value is -2.96. The van der Waals surface area contributed by atoms with E-state index in [0.29, 0.717) is 18.7 Å². The highest BCUT2D eigenvalue weighted by molar-refractivity contribution is 5.95. The first-order chi connectivity index (χ1) is 13.1. The van der Waals surface area contributed by atoms with Crippen LogP contribution in [0.5, 0.6) is 0 Å². The van der Waals surface area contributed by atoms with Crippen LogP contribution < -0.4 is 0 Å². The quantitative estimate of drug-likeness (QED) is 0.713. The van der Waals surface area contributed by atoms with Crippen molar-refractivity contribution < 1.29 is 4.79 Å². The third-order valence-electron chi connectivity index (χ3n) is 5.11. The van der Waals surface area contributed by atoms with Gasteiger partial charge in [0.25, 0.3) is 5.91 Å². The molecule has 3 heterocycles. The zero-order valence-corrected chi connectivity index (χ0v) is 16.0. The Morgan fingerprint density at radius 3 is 2.74 bits per heavy atom. The van der Waals surface area contributed by atoms with Crippen molar-refractivity contribution in [1.29, 1.82) is 0 Å². The summed E-state index contributed by atoms with van der Waals surface area (Å²) >= 11 is 0. The van der Waals surface area contributed by atoms with Crippen LogP contribution in [0.25, 0.3) is 11.4 Å². The Kier molecular flexibility index (Phi) is 4.51. The van der Waals surface area contributed by atoms with Gasteiger partial charge in [0, 0.05) is 24.3 Å². The number of fused-ring (bicyclic) bond motifs is 1. The van der Waals surface area contributed by atoms with Gasteiger partial charge in [0.15, 0.2) is 11.6 Å². The summed E-state index contributed by atoms with van der Waals surface area (Å²) in [5, 5.41) is 13.1. The van der Waals surface area contributed by atoms with Gasteiger partial charge in [0.1, 0.15) is 0 Å². The molecule has 1 atom stereocenters. The average Bonchev–Trinajstić information content (AvgIpc) is 3.27. The highest BCUT2D eigenvalue weighted by Gasteiger charge is 2.31. The van der Waals surface area contributed by atoms with Crippen LogP contribution >= 0.6 is 0 Å². The second-order valence-corrected chi connectivity index (χ2v) is 7.08. The molecule has 0 fully saturated rings. The highest BCUT2D eigenvalue weighted by atomic mass is 16.2. The molecule has 1 aliphatic rings. The number of carbonyl (C=O) groups excluding carboxylic acids is 1. The molecule has 3 aromatic rings. The Labute approximate surface area is 158 Å². The maximum atomic E-state index is 13.1. The molecule has 7 nitrogen and oxygen atoms in total. The Morgan fingerprint density at radius 2 is 2.00 bits per heavy atom. The number of carbonyl (C=O) groups is 1. The Bertz CT molecular complexity index is 958. The molecule has 1 aromatic carbocycles. The summed E-state index contributed by atoms with van der Waals surface area (Å²) in [7, 11) is 0. The summed E-state index contributed by atoms with van der Waals surface area (Å²) in [5.74, 6) is 1.69. The van der Waals surface area contributed by atoms with Crippen molar-refractivity contribution in [2.24, 2.45) is 0 Å². The van der Waals surface area contributed by atoms with Gasteiger partial charge in [-0.05, 0) is 20.3 Å². The third-order valence-corrected chi connectivity index (χ3v) is 5.11. The molecule has 0 saturated carbocycles. The summed E-state index contributed by atoms with van der Waals surface area (Å²) in [6.07, 6.45) is 2.68. The van der Waals surface area contributed by atoms with Crippen LogP contribution in [0.15, 0.2) is 36.5 Å². The molecule has 2 aromatic heterocycles. The zero-order valence-electron chi connectivity index (χ0n) is 16.0. The number of rotatable bonds is 4. The molecule has 0 N–H and O–H groups in total. The van der Waals surface area contributed by atoms with E-state index in [0.717, 1.165) is 35.9 Å². The van der Waals surface area contributed by atoms with Crippen LogP contribution in [-0.4, -0.2) is 41.9 Å². The first kappa shape index (κ1) is 17.5. The topological polar surface area (TPSA) is 68.8 Å². The molecule has 27 heavy (non-hydrogen) atoms. The van der Waals surface area contributed by atoms with E-state index in [9.17, 15) is 4.79 Å². The predicted octanol–water partition coefficient (Wildman–Crippen LogP) is 3.08. The second-order valence-electron chi connectivity index (χ2n) is 7.08. The SMILES string of the molecule is CCCn1ncc(C(=O)N2Cc3nnc(-c4ccccc4)n3[C@@H](C)C2)c1C. The molecule has 0 bridgehead atoms. The lowest BCUT2D eigenvalue weighted by Crippen LogP contribution is -2.40. The van der Waals surface area contributed by atoms with Gasteiger partial charge in [-0.15, -0.1) is 10.2 Å². The van der Waals surface area contributed by atoms with Crippen molar-refractivity contribution >= 4 is 5.91 Å². The fraction of sp³-hybridized carbons (Fsp3) is 0.400. The Morgan fingerprint density at radius 1 is 1.22 bits per heavy atom. The van der Waals surface area contributed by atoms with E-state index < -0.39 is 0 Å². The van der Waals surface area contributed by atoms with Crippen LogP contribution in [0.2, 0.25) is 0 Å². The molecule has 4 rings (SSSR count). The minimum Gasteiger partial charge on any atom is -0.329 e. The largest absolute Gasteiger partial charge is 0.329 e. The second kappa shape index (κ2) is 6.98. The normalized spacial score (nSPS) is 16.4. The minimum absolute atomic E-state index is 0.0113. The van der Waals surface area contributed by atoms with Gasteiger partial charge < -0.3 is 9.47 Å². The maximum absolute atomic E-state index is 13.1. The number of nitrogens with zero attached hydrogens (tertiary/aromatic N) is 6. The first-order valence-electron chi connectivity index (χ1n) is 9.41. The van der Waals surface area contributed by atoms with Gasteiger partial charge in [-0.25, -0.2) is 0 Å². The standard InChI is InChI=1S/C20H24N6O/c1-4-10-25-15(3)17(11-21-25)20(27)24-12-14(2)26-18(13-24)22-23-19(26)16-8-6-5-7-9-16/h5-9,11,14H,4,10,12-13H2,1-3H3/t14-/m0/s1. The number of hydrogen-bond donors (Lipinski definition) is 0. The van der Waals surface area contributed by atoms with Crippen LogP contribution in [0.1, 0.15) is 48.2 Å². The number of amides is 1. The first-order valence-corrected chi connectivity index (χ1v) is 9.41. The van der Waals surface area contributed by atoms with Gasteiger partial charge >= 0.3 is 0 Å². The predicted molar refractivity (Wildman–Crippen MR) is 102 cm³/mol. The smallest absolute Gasteiger partial charge is 0.257 e. The van der Waals surface area contributed by atoms with Gasteiger partial charge in [-0.1, -0.05) is 37.3 Å². The molecule has 0 saturated heterocycles. The van der Waals surface area contributed by atoms with Crippen LogP contribution in [0.4, 0.5) is 0 Å². The molecular weight excluding hydrogens is 340 g/mol. The number of aromatic nitrogens is 5. The van der Waals surface area contributed by atoms with E-state index in [-0.39, 0.29) is 11.9 Å². The number of hydrogen-bond acceptors (Lipinski definition) is 4. The lowest BCUT2D eigenvalue weighted by molar-refractivity contribution is 0.0681. The van der Waals surface area contributed by atoms with Gasteiger partial charge in [-0.3, -0.25) is 9.48 Å². The summed E-state index contributed by atoms with van der Waals surface area (Å²) in [5.41, 5.74) is 2.64. The van der Waals surface area contributed by atoms with Gasteiger partial charge in [0.05, 0.1) is 24.3 Å². The van der Waals surface area contributed by atoms with Crippen molar-refractivity contribution in [3.63, 3.8) is 0 Å². The van der Waals surface area contributed by atoms with E-state index in [1.165, 1.54) is 0 Å².